The molecule has 1 saturated heterocycles. The molecule has 0 aliphatic carbocycles. The highest BCUT2D eigenvalue weighted by Crippen LogP contribution is 2.32. The van der Waals surface area contributed by atoms with Crippen molar-refractivity contribution in [3.05, 3.63) is 35.1 Å². The number of piperidine rings is 1. The second-order valence-electron chi connectivity index (χ2n) is 5.54. The van der Waals surface area contributed by atoms with Crippen LogP contribution in [0.1, 0.15) is 24.8 Å². The molecule has 0 bridgehead atoms. The molecular formula is C16H20ClN5. The second kappa shape index (κ2) is 6.40. The highest BCUT2D eigenvalue weighted by molar-refractivity contribution is 6.31. The number of hydrogen-bond acceptors (Lipinski definition) is 5. The lowest BCUT2D eigenvalue weighted by Crippen LogP contribution is -2.31. The van der Waals surface area contributed by atoms with Gasteiger partial charge in [-0.2, -0.15) is 0 Å². The SMILES string of the molecule is Cc1c(Cl)cccc1Nc1ncnc(N2CCCCC2)c1N. The Morgan fingerprint density at radius 3 is 2.73 bits per heavy atom. The summed E-state index contributed by atoms with van der Waals surface area (Å²) in [5.41, 5.74) is 8.75. The minimum atomic E-state index is 0.587. The number of nitrogens with zero attached hydrogens (tertiary/aromatic N) is 3. The number of nitrogens with two attached hydrogens (primary N) is 1. The molecule has 1 aliphatic heterocycles. The van der Waals surface area contributed by atoms with Crippen LogP contribution in [0.4, 0.5) is 23.0 Å². The van der Waals surface area contributed by atoms with E-state index in [0.29, 0.717) is 16.5 Å². The van der Waals surface area contributed by atoms with Gasteiger partial charge >= 0.3 is 0 Å². The largest absolute Gasteiger partial charge is 0.393 e. The van der Waals surface area contributed by atoms with Gasteiger partial charge in [0.25, 0.3) is 0 Å². The average Bonchev–Trinajstić information content (AvgIpc) is 2.54. The van der Waals surface area contributed by atoms with Crippen LogP contribution in [0.5, 0.6) is 0 Å². The Balaban J connectivity index is 1.89. The molecule has 3 rings (SSSR count). The van der Waals surface area contributed by atoms with Gasteiger partial charge in [-0.25, -0.2) is 9.97 Å². The summed E-state index contributed by atoms with van der Waals surface area (Å²) in [6.45, 7) is 3.96. The van der Waals surface area contributed by atoms with Gasteiger partial charge in [0.15, 0.2) is 11.6 Å². The highest BCUT2D eigenvalue weighted by atomic mass is 35.5. The zero-order valence-electron chi connectivity index (χ0n) is 12.6. The van der Waals surface area contributed by atoms with Crippen LogP contribution in [-0.4, -0.2) is 23.1 Å². The average molecular weight is 318 g/mol. The summed E-state index contributed by atoms with van der Waals surface area (Å²) in [5, 5.41) is 3.99. The first-order valence-electron chi connectivity index (χ1n) is 7.54. The van der Waals surface area contributed by atoms with Gasteiger partial charge < -0.3 is 16.0 Å². The number of halogens is 1. The zero-order chi connectivity index (χ0) is 15.5. The molecular weight excluding hydrogens is 298 g/mol. The first-order chi connectivity index (χ1) is 10.7. The van der Waals surface area contributed by atoms with Gasteiger partial charge in [0.2, 0.25) is 0 Å². The fraction of sp³-hybridized carbons (Fsp3) is 0.375. The van der Waals surface area contributed by atoms with E-state index >= 15 is 0 Å². The molecule has 0 amide bonds. The van der Waals surface area contributed by atoms with Gasteiger partial charge in [-0.15, -0.1) is 0 Å². The van der Waals surface area contributed by atoms with Crippen LogP contribution in [0, 0.1) is 6.92 Å². The van der Waals surface area contributed by atoms with Crippen molar-refractivity contribution in [2.75, 3.05) is 29.0 Å². The Kier molecular flexibility index (Phi) is 4.34. The van der Waals surface area contributed by atoms with Gasteiger partial charge in [-0.3, -0.25) is 0 Å². The van der Waals surface area contributed by atoms with Crippen LogP contribution in [0.25, 0.3) is 0 Å². The molecule has 3 N–H and O–H groups in total. The maximum atomic E-state index is 6.29. The number of aromatic nitrogens is 2. The Labute approximate surface area is 135 Å². The fourth-order valence-electron chi connectivity index (χ4n) is 2.71. The lowest BCUT2D eigenvalue weighted by molar-refractivity contribution is 0.574. The molecule has 0 radical (unpaired) electrons. The van der Waals surface area contributed by atoms with Crippen LogP contribution in [-0.2, 0) is 0 Å². The summed E-state index contributed by atoms with van der Waals surface area (Å²) >= 11 is 6.16. The maximum Gasteiger partial charge on any atom is 0.159 e. The fourth-order valence-corrected chi connectivity index (χ4v) is 2.89. The predicted octanol–water partition coefficient (Wildman–Crippen LogP) is 3.75. The lowest BCUT2D eigenvalue weighted by Gasteiger charge is -2.29. The minimum Gasteiger partial charge on any atom is -0.393 e. The molecule has 1 aliphatic rings. The van der Waals surface area contributed by atoms with E-state index in [1.54, 1.807) is 6.33 Å². The summed E-state index contributed by atoms with van der Waals surface area (Å²) in [4.78, 5) is 10.9. The molecule has 2 aromatic rings. The number of hydrogen-bond donors (Lipinski definition) is 2. The molecule has 2 heterocycles. The maximum absolute atomic E-state index is 6.29. The molecule has 1 aromatic carbocycles. The monoisotopic (exact) mass is 317 g/mol. The molecule has 0 saturated carbocycles. The van der Waals surface area contributed by atoms with E-state index in [1.807, 2.05) is 25.1 Å². The van der Waals surface area contributed by atoms with Crippen molar-refractivity contribution in [2.24, 2.45) is 0 Å². The van der Waals surface area contributed by atoms with Crippen molar-refractivity contribution in [1.82, 2.24) is 9.97 Å². The predicted molar refractivity (Wildman–Crippen MR) is 92.0 cm³/mol. The number of nitrogen functional groups attached to an aromatic ring is 1. The lowest BCUT2D eigenvalue weighted by atomic mass is 10.1. The minimum absolute atomic E-state index is 0.587. The Morgan fingerprint density at radius 1 is 1.18 bits per heavy atom. The summed E-state index contributed by atoms with van der Waals surface area (Å²) in [6, 6.07) is 5.73. The zero-order valence-corrected chi connectivity index (χ0v) is 13.4. The molecule has 0 spiro atoms. The second-order valence-corrected chi connectivity index (χ2v) is 5.95. The topological polar surface area (TPSA) is 67.1 Å². The number of anilines is 4. The third-order valence-electron chi connectivity index (χ3n) is 4.04. The van der Waals surface area contributed by atoms with Crippen LogP contribution in [0.2, 0.25) is 5.02 Å². The van der Waals surface area contributed by atoms with E-state index in [-0.39, 0.29) is 0 Å². The number of rotatable bonds is 3. The Hall–Kier alpha value is -2.01. The molecule has 6 heteroatoms. The standard InChI is InChI=1S/C16H20ClN5/c1-11-12(17)6-5-7-13(11)21-15-14(18)16(20-10-19-15)22-8-3-2-4-9-22/h5-7,10H,2-4,8-9,18H2,1H3,(H,19,20,21). The normalized spacial score (nSPS) is 14.9. The number of nitrogens with one attached hydrogen (secondary N) is 1. The third kappa shape index (κ3) is 2.95. The molecule has 0 atom stereocenters. The summed E-state index contributed by atoms with van der Waals surface area (Å²) in [6.07, 6.45) is 5.19. The Bertz CT molecular complexity index is 668. The molecule has 0 unspecified atom stereocenters. The Morgan fingerprint density at radius 2 is 1.95 bits per heavy atom. The van der Waals surface area contributed by atoms with Crippen molar-refractivity contribution in [2.45, 2.75) is 26.2 Å². The van der Waals surface area contributed by atoms with Gasteiger partial charge in [-0.05, 0) is 43.9 Å². The van der Waals surface area contributed by atoms with E-state index in [2.05, 4.69) is 20.2 Å². The van der Waals surface area contributed by atoms with Crippen LogP contribution in [0.15, 0.2) is 24.5 Å². The molecule has 5 nitrogen and oxygen atoms in total. The quantitative estimate of drug-likeness (QED) is 0.902. The van der Waals surface area contributed by atoms with Crippen LogP contribution in [0.3, 0.4) is 0 Å². The van der Waals surface area contributed by atoms with Crippen molar-refractivity contribution in [1.29, 1.82) is 0 Å². The van der Waals surface area contributed by atoms with E-state index in [0.717, 1.165) is 30.2 Å². The van der Waals surface area contributed by atoms with Crippen molar-refractivity contribution in [3.63, 3.8) is 0 Å². The summed E-state index contributed by atoms with van der Waals surface area (Å²) in [5.74, 6) is 1.44. The summed E-state index contributed by atoms with van der Waals surface area (Å²) < 4.78 is 0. The molecule has 1 aromatic heterocycles. The van der Waals surface area contributed by atoms with Crippen molar-refractivity contribution < 1.29 is 0 Å². The van der Waals surface area contributed by atoms with Gasteiger partial charge in [0.05, 0.1) is 0 Å². The third-order valence-corrected chi connectivity index (χ3v) is 4.45. The molecule has 22 heavy (non-hydrogen) atoms. The van der Waals surface area contributed by atoms with E-state index in [9.17, 15) is 0 Å². The number of benzene rings is 1. The van der Waals surface area contributed by atoms with E-state index in [1.165, 1.54) is 19.3 Å². The van der Waals surface area contributed by atoms with Crippen LogP contribution < -0.4 is 16.0 Å². The van der Waals surface area contributed by atoms with E-state index < -0.39 is 0 Å². The van der Waals surface area contributed by atoms with Crippen molar-refractivity contribution in [3.8, 4) is 0 Å². The smallest absolute Gasteiger partial charge is 0.159 e. The summed E-state index contributed by atoms with van der Waals surface area (Å²) in [7, 11) is 0. The first-order valence-corrected chi connectivity index (χ1v) is 7.92. The highest BCUT2D eigenvalue weighted by Gasteiger charge is 2.17. The van der Waals surface area contributed by atoms with Crippen LogP contribution >= 0.6 is 11.6 Å². The molecule has 1 fully saturated rings. The van der Waals surface area contributed by atoms with Gasteiger partial charge in [-0.1, -0.05) is 17.7 Å². The van der Waals surface area contributed by atoms with E-state index in [4.69, 9.17) is 17.3 Å². The van der Waals surface area contributed by atoms with Crippen molar-refractivity contribution >= 4 is 34.6 Å². The first kappa shape index (κ1) is 14.9. The molecule has 116 valence electrons. The van der Waals surface area contributed by atoms with Gasteiger partial charge in [0, 0.05) is 23.8 Å². The van der Waals surface area contributed by atoms with Gasteiger partial charge in [0.1, 0.15) is 12.0 Å².